The number of nitriles is 1. The molecule has 17 heavy (non-hydrogen) atoms. The zero-order valence-corrected chi connectivity index (χ0v) is 14.3. The first kappa shape index (κ1) is 14.9. The molecule has 0 aliphatic carbocycles. The molecule has 0 amide bonds. The number of hydrogen-bond acceptors (Lipinski definition) is 2. The van der Waals surface area contributed by atoms with Gasteiger partial charge in [0.1, 0.15) is 11.6 Å². The van der Waals surface area contributed by atoms with E-state index in [2.05, 4.69) is 63.7 Å². The molecule has 3 nitrogen and oxygen atoms in total. The summed E-state index contributed by atoms with van der Waals surface area (Å²) >= 11 is 13.3. The number of aliphatic carboxylic acids is 1. The van der Waals surface area contributed by atoms with Gasteiger partial charge in [0.05, 0.1) is 0 Å². The van der Waals surface area contributed by atoms with Gasteiger partial charge in [0.15, 0.2) is 0 Å². The number of hydrogen-bond donors (Lipinski definition) is 1. The molecule has 0 heterocycles. The molecule has 0 fully saturated rings. The lowest BCUT2D eigenvalue weighted by Gasteiger charge is -2.07. The van der Waals surface area contributed by atoms with Crippen molar-refractivity contribution >= 4 is 75.8 Å². The summed E-state index contributed by atoms with van der Waals surface area (Å²) in [5.74, 6) is -1.26. The SMILES string of the molecule is N#C/C(=C\c1c(Br)cc(Br)c(Br)c1Br)C(=O)O. The first-order valence-corrected chi connectivity index (χ1v) is 7.23. The lowest BCUT2D eigenvalue weighted by atomic mass is 10.1. The van der Waals surface area contributed by atoms with Crippen molar-refractivity contribution in [2.75, 3.05) is 0 Å². The van der Waals surface area contributed by atoms with Crippen LogP contribution in [0.15, 0.2) is 29.5 Å². The standard InChI is InChI=1S/C10H3Br4NO2/c11-6-2-7(12)9(14)8(13)5(6)1-4(3-15)10(16)17/h1-2H,(H,16,17)/b4-1+. The van der Waals surface area contributed by atoms with Crippen LogP contribution in [-0.4, -0.2) is 11.1 Å². The molecule has 0 aliphatic heterocycles. The van der Waals surface area contributed by atoms with Crippen molar-refractivity contribution in [3.05, 3.63) is 35.1 Å². The summed E-state index contributed by atoms with van der Waals surface area (Å²) < 4.78 is 2.89. The van der Waals surface area contributed by atoms with Crippen molar-refractivity contribution in [2.24, 2.45) is 0 Å². The second-order valence-corrected chi connectivity index (χ2v) is 6.15. The monoisotopic (exact) mass is 485 g/mol. The molecule has 0 aromatic heterocycles. The Morgan fingerprint density at radius 3 is 2.29 bits per heavy atom. The highest BCUT2D eigenvalue weighted by atomic mass is 79.9. The second-order valence-electron chi connectivity index (χ2n) is 2.86. The van der Waals surface area contributed by atoms with E-state index in [-0.39, 0.29) is 5.57 Å². The highest BCUT2D eigenvalue weighted by molar-refractivity contribution is 9.14. The largest absolute Gasteiger partial charge is 0.477 e. The number of halogens is 4. The molecule has 0 bridgehead atoms. The third-order valence-corrected chi connectivity index (χ3v) is 5.78. The molecular weight excluding hydrogens is 486 g/mol. The molecule has 1 rings (SSSR count). The van der Waals surface area contributed by atoms with Crippen molar-refractivity contribution in [2.45, 2.75) is 0 Å². The van der Waals surface area contributed by atoms with Crippen LogP contribution in [0.4, 0.5) is 0 Å². The fourth-order valence-corrected chi connectivity index (χ4v) is 3.68. The first-order valence-electron chi connectivity index (χ1n) is 4.06. The Bertz CT molecular complexity index is 560. The van der Waals surface area contributed by atoms with Gasteiger partial charge in [-0.3, -0.25) is 0 Å². The quantitative estimate of drug-likeness (QED) is 0.283. The van der Waals surface area contributed by atoms with Gasteiger partial charge < -0.3 is 5.11 Å². The van der Waals surface area contributed by atoms with Crippen LogP contribution in [0.1, 0.15) is 5.56 Å². The van der Waals surface area contributed by atoms with Crippen LogP contribution in [0.25, 0.3) is 6.08 Å². The minimum Gasteiger partial charge on any atom is -0.477 e. The number of carboxylic acids is 1. The number of carbonyl (C=O) groups is 1. The van der Waals surface area contributed by atoms with E-state index < -0.39 is 5.97 Å². The van der Waals surface area contributed by atoms with E-state index in [1.54, 1.807) is 12.1 Å². The molecule has 1 aromatic rings. The van der Waals surface area contributed by atoms with Crippen LogP contribution < -0.4 is 0 Å². The first-order chi connectivity index (χ1) is 7.88. The zero-order chi connectivity index (χ0) is 13.2. The van der Waals surface area contributed by atoms with Crippen LogP contribution in [-0.2, 0) is 4.79 Å². The Morgan fingerprint density at radius 1 is 1.24 bits per heavy atom. The maximum atomic E-state index is 10.8. The molecule has 0 spiro atoms. The van der Waals surface area contributed by atoms with Crippen LogP contribution in [0.5, 0.6) is 0 Å². The fourth-order valence-electron chi connectivity index (χ4n) is 0.999. The third kappa shape index (κ3) is 3.41. The van der Waals surface area contributed by atoms with Crippen LogP contribution in [0, 0.1) is 11.3 Å². The van der Waals surface area contributed by atoms with Crippen molar-refractivity contribution in [3.8, 4) is 6.07 Å². The van der Waals surface area contributed by atoms with Crippen molar-refractivity contribution in [1.82, 2.24) is 0 Å². The molecule has 0 radical (unpaired) electrons. The Kier molecular flexibility index (Phi) is 5.38. The molecule has 88 valence electrons. The minimum absolute atomic E-state index is 0.333. The maximum Gasteiger partial charge on any atom is 0.346 e. The van der Waals surface area contributed by atoms with Gasteiger partial charge in [-0.25, -0.2) is 4.79 Å². The average Bonchev–Trinajstić information content (AvgIpc) is 2.26. The molecule has 0 unspecified atom stereocenters. The summed E-state index contributed by atoms with van der Waals surface area (Å²) in [6.07, 6.45) is 1.30. The summed E-state index contributed by atoms with van der Waals surface area (Å²) in [5.41, 5.74) is 0.250. The van der Waals surface area contributed by atoms with Crippen molar-refractivity contribution in [1.29, 1.82) is 5.26 Å². The summed E-state index contributed by atoms with van der Waals surface area (Å²) in [6, 6.07) is 3.39. The summed E-state index contributed by atoms with van der Waals surface area (Å²) in [6.45, 7) is 0. The van der Waals surface area contributed by atoms with Crippen LogP contribution in [0.3, 0.4) is 0 Å². The smallest absolute Gasteiger partial charge is 0.346 e. The van der Waals surface area contributed by atoms with Crippen molar-refractivity contribution in [3.63, 3.8) is 0 Å². The van der Waals surface area contributed by atoms with E-state index >= 15 is 0 Å². The summed E-state index contributed by atoms with van der Waals surface area (Å²) in [5, 5.41) is 17.5. The van der Waals surface area contributed by atoms with E-state index in [9.17, 15) is 4.79 Å². The van der Waals surface area contributed by atoms with Gasteiger partial charge >= 0.3 is 5.97 Å². The van der Waals surface area contributed by atoms with E-state index in [1.165, 1.54) is 6.08 Å². The predicted molar refractivity (Wildman–Crippen MR) is 78.5 cm³/mol. The zero-order valence-electron chi connectivity index (χ0n) is 7.97. The van der Waals surface area contributed by atoms with E-state index in [1.807, 2.05) is 0 Å². The van der Waals surface area contributed by atoms with E-state index in [4.69, 9.17) is 10.4 Å². The lowest BCUT2D eigenvalue weighted by Crippen LogP contribution is -1.98. The molecule has 0 saturated heterocycles. The number of carboxylic acid groups (broad SMARTS) is 1. The molecule has 1 N–H and O–H groups in total. The van der Waals surface area contributed by atoms with Gasteiger partial charge in [0.25, 0.3) is 0 Å². The number of rotatable bonds is 2. The van der Waals surface area contributed by atoms with Crippen LogP contribution in [0.2, 0.25) is 0 Å². The molecule has 0 saturated carbocycles. The highest BCUT2D eigenvalue weighted by Gasteiger charge is 2.14. The van der Waals surface area contributed by atoms with Crippen LogP contribution >= 0.6 is 63.7 Å². The van der Waals surface area contributed by atoms with E-state index in [0.29, 0.717) is 14.5 Å². The summed E-state index contributed by atoms with van der Waals surface area (Å²) in [4.78, 5) is 10.8. The number of benzene rings is 1. The van der Waals surface area contributed by atoms with Gasteiger partial charge in [0, 0.05) is 23.5 Å². The molecular formula is C10H3Br4NO2. The Hall–Kier alpha value is -0.160. The Morgan fingerprint density at radius 2 is 1.82 bits per heavy atom. The normalized spacial score (nSPS) is 11.1. The van der Waals surface area contributed by atoms with Gasteiger partial charge in [-0.15, -0.1) is 0 Å². The van der Waals surface area contributed by atoms with Gasteiger partial charge in [0.2, 0.25) is 0 Å². The highest BCUT2D eigenvalue weighted by Crippen LogP contribution is 2.39. The predicted octanol–water partition coefficient (Wildman–Crippen LogP) is 4.73. The average molecular weight is 489 g/mol. The van der Waals surface area contributed by atoms with Crippen molar-refractivity contribution < 1.29 is 9.90 Å². The van der Waals surface area contributed by atoms with Gasteiger partial charge in [-0.05, 0) is 59.9 Å². The van der Waals surface area contributed by atoms with E-state index in [0.717, 1.165) is 8.95 Å². The summed E-state index contributed by atoms with van der Waals surface area (Å²) in [7, 11) is 0. The second kappa shape index (κ2) is 6.14. The maximum absolute atomic E-state index is 10.8. The Balaban J connectivity index is 3.49. The number of nitrogens with zero attached hydrogens (tertiary/aromatic N) is 1. The molecule has 1 aromatic carbocycles. The van der Waals surface area contributed by atoms with Gasteiger partial charge in [-0.2, -0.15) is 5.26 Å². The Labute approximate surface area is 131 Å². The van der Waals surface area contributed by atoms with Gasteiger partial charge in [-0.1, -0.05) is 15.9 Å². The fraction of sp³-hybridized carbons (Fsp3) is 0. The molecule has 0 atom stereocenters. The molecule has 0 aliphatic rings. The molecule has 7 heteroatoms. The lowest BCUT2D eigenvalue weighted by molar-refractivity contribution is -0.132. The third-order valence-electron chi connectivity index (χ3n) is 1.79. The minimum atomic E-state index is -1.26. The topological polar surface area (TPSA) is 61.1 Å².